The molecule has 0 bridgehead atoms. The normalized spacial score (nSPS) is 15.6. The summed E-state index contributed by atoms with van der Waals surface area (Å²) in [6.45, 7) is 3.06. The lowest BCUT2D eigenvalue weighted by molar-refractivity contribution is 0.0916. The van der Waals surface area contributed by atoms with Crippen molar-refractivity contribution in [3.8, 4) is 11.5 Å². The van der Waals surface area contributed by atoms with Crippen LogP contribution in [-0.4, -0.2) is 38.0 Å². The summed E-state index contributed by atoms with van der Waals surface area (Å²) in [4.78, 5) is 2.37. The first-order valence-electron chi connectivity index (χ1n) is 9.61. The van der Waals surface area contributed by atoms with Gasteiger partial charge in [0.15, 0.2) is 0 Å². The summed E-state index contributed by atoms with van der Waals surface area (Å²) in [5, 5.41) is 23.5. The van der Waals surface area contributed by atoms with Gasteiger partial charge in [0.05, 0.1) is 18.0 Å². The predicted octanol–water partition coefficient (Wildman–Crippen LogP) is 3.11. The van der Waals surface area contributed by atoms with Crippen LogP contribution in [0.15, 0.2) is 60.7 Å². The molecule has 2 aromatic carbocycles. The van der Waals surface area contributed by atoms with E-state index in [0.29, 0.717) is 5.69 Å². The molecular weight excluding hydrogens is 354 g/mol. The molecule has 146 valence electrons. The van der Waals surface area contributed by atoms with E-state index in [1.165, 1.54) is 5.56 Å². The topological polar surface area (TPSA) is 70.8 Å². The quantitative estimate of drug-likeness (QED) is 0.689. The number of hydrogen-bond acceptors (Lipinski definition) is 5. The van der Waals surface area contributed by atoms with Crippen LogP contribution in [0.5, 0.6) is 11.5 Å². The summed E-state index contributed by atoms with van der Waals surface area (Å²) in [6.07, 6.45) is 0.0727. The van der Waals surface area contributed by atoms with Crippen molar-refractivity contribution < 1.29 is 14.9 Å². The molecule has 0 amide bonds. The van der Waals surface area contributed by atoms with E-state index >= 15 is 0 Å². The number of aliphatic hydroxyl groups is 2. The van der Waals surface area contributed by atoms with E-state index in [9.17, 15) is 5.11 Å². The van der Waals surface area contributed by atoms with Gasteiger partial charge in [-0.15, -0.1) is 0 Å². The molecule has 3 aromatic rings. The van der Waals surface area contributed by atoms with Crippen molar-refractivity contribution in [1.29, 1.82) is 0 Å². The van der Waals surface area contributed by atoms with Gasteiger partial charge in [-0.25, -0.2) is 0 Å². The number of rotatable bonds is 6. The van der Waals surface area contributed by atoms with Crippen molar-refractivity contribution in [3.63, 3.8) is 0 Å². The Balaban J connectivity index is 1.45. The number of aromatic nitrogens is 2. The van der Waals surface area contributed by atoms with Crippen molar-refractivity contribution in [2.24, 2.45) is 0 Å². The minimum Gasteiger partial charge on any atom is -0.457 e. The van der Waals surface area contributed by atoms with Gasteiger partial charge in [0, 0.05) is 26.2 Å². The first kappa shape index (κ1) is 18.7. The fourth-order valence-corrected chi connectivity index (χ4v) is 3.53. The molecule has 0 radical (unpaired) electrons. The summed E-state index contributed by atoms with van der Waals surface area (Å²) in [5.41, 5.74) is 2.80. The van der Waals surface area contributed by atoms with Crippen molar-refractivity contribution in [2.75, 3.05) is 13.2 Å². The predicted molar refractivity (Wildman–Crippen MR) is 106 cm³/mol. The molecule has 1 aromatic heterocycles. The number of benzene rings is 2. The lowest BCUT2D eigenvalue weighted by Gasteiger charge is -2.20. The maximum Gasteiger partial charge on any atom is 0.127 e. The van der Waals surface area contributed by atoms with E-state index in [1.54, 1.807) is 0 Å². The lowest BCUT2D eigenvalue weighted by atomic mass is 10.2. The fraction of sp³-hybridized carbons (Fsp3) is 0.318. The van der Waals surface area contributed by atoms with E-state index in [1.807, 2.05) is 53.2 Å². The Kier molecular flexibility index (Phi) is 5.71. The molecule has 2 heterocycles. The number of aryl methyl sites for hydroxylation is 1. The van der Waals surface area contributed by atoms with Gasteiger partial charge in [-0.1, -0.05) is 30.3 Å². The molecule has 1 aliphatic heterocycles. The van der Waals surface area contributed by atoms with E-state index in [2.05, 4.69) is 22.1 Å². The van der Waals surface area contributed by atoms with E-state index in [4.69, 9.17) is 9.84 Å². The van der Waals surface area contributed by atoms with Crippen molar-refractivity contribution in [3.05, 3.63) is 77.6 Å². The zero-order valence-electron chi connectivity index (χ0n) is 15.7. The molecule has 0 saturated carbocycles. The van der Waals surface area contributed by atoms with E-state index in [-0.39, 0.29) is 6.61 Å². The summed E-state index contributed by atoms with van der Waals surface area (Å²) in [6, 6.07) is 19.9. The third-order valence-corrected chi connectivity index (χ3v) is 4.91. The molecule has 1 aliphatic rings. The second kappa shape index (κ2) is 8.56. The molecule has 2 N–H and O–H groups in total. The lowest BCUT2D eigenvalue weighted by Crippen LogP contribution is -2.22. The Hall–Kier alpha value is -2.67. The third kappa shape index (κ3) is 4.42. The molecule has 0 fully saturated rings. The Bertz CT molecular complexity index is 910. The second-order valence-corrected chi connectivity index (χ2v) is 7.11. The maximum absolute atomic E-state index is 9.85. The monoisotopic (exact) mass is 379 g/mol. The molecular formula is C22H25N3O3. The summed E-state index contributed by atoms with van der Waals surface area (Å²) >= 11 is 0. The van der Waals surface area contributed by atoms with Crippen LogP contribution in [0.1, 0.15) is 29.5 Å². The van der Waals surface area contributed by atoms with Crippen LogP contribution in [0.2, 0.25) is 0 Å². The third-order valence-electron chi connectivity index (χ3n) is 4.91. The van der Waals surface area contributed by atoms with Crippen LogP contribution in [0.25, 0.3) is 0 Å². The van der Waals surface area contributed by atoms with Crippen molar-refractivity contribution in [1.82, 2.24) is 14.7 Å². The second-order valence-electron chi connectivity index (χ2n) is 7.11. The van der Waals surface area contributed by atoms with Gasteiger partial charge in [0.1, 0.15) is 17.6 Å². The highest BCUT2D eigenvalue weighted by atomic mass is 16.5. The van der Waals surface area contributed by atoms with Crippen molar-refractivity contribution >= 4 is 0 Å². The van der Waals surface area contributed by atoms with Gasteiger partial charge in [0.25, 0.3) is 0 Å². The maximum atomic E-state index is 9.85. The first-order valence-corrected chi connectivity index (χ1v) is 9.61. The average molecular weight is 379 g/mol. The number of fused-ring (bicyclic) bond motifs is 1. The van der Waals surface area contributed by atoms with Gasteiger partial charge >= 0.3 is 0 Å². The van der Waals surface area contributed by atoms with Gasteiger partial charge in [-0.3, -0.25) is 9.58 Å². The summed E-state index contributed by atoms with van der Waals surface area (Å²) < 4.78 is 7.89. The highest BCUT2D eigenvalue weighted by Gasteiger charge is 2.19. The molecule has 6 nitrogen and oxygen atoms in total. The number of hydrogen-bond donors (Lipinski definition) is 2. The van der Waals surface area contributed by atoms with Gasteiger partial charge in [-0.05, 0) is 42.3 Å². The number of ether oxygens (including phenoxy) is 1. The zero-order chi connectivity index (χ0) is 19.3. The zero-order valence-corrected chi connectivity index (χ0v) is 15.7. The van der Waals surface area contributed by atoms with Crippen LogP contribution in [0, 0.1) is 0 Å². The minimum atomic E-state index is -0.917. The van der Waals surface area contributed by atoms with Crippen LogP contribution >= 0.6 is 0 Å². The SMILES string of the molecule is OC[C@@H](O)c1cc2n(n1)CCCN(Cc1cccc(Oc3ccccc3)c1)C2. The molecule has 0 unspecified atom stereocenters. The average Bonchev–Trinajstić information content (AvgIpc) is 3.01. The standard InChI is InChI=1S/C22H25N3O3/c26-16-22(27)21-13-18-15-24(10-5-11-25(18)23-21)14-17-6-4-9-20(12-17)28-19-7-2-1-3-8-19/h1-4,6-9,12-13,22,26-27H,5,10-11,14-16H2/t22-/m1/s1. The Morgan fingerprint density at radius 1 is 1.00 bits per heavy atom. The Morgan fingerprint density at radius 3 is 2.64 bits per heavy atom. The van der Waals surface area contributed by atoms with Crippen LogP contribution in [0.4, 0.5) is 0 Å². The largest absolute Gasteiger partial charge is 0.457 e. The number of nitrogens with zero attached hydrogens (tertiary/aromatic N) is 3. The van der Waals surface area contributed by atoms with E-state index in [0.717, 1.165) is 49.8 Å². The van der Waals surface area contributed by atoms with Gasteiger partial charge in [0.2, 0.25) is 0 Å². The molecule has 0 saturated heterocycles. The van der Waals surface area contributed by atoms with Crippen molar-refractivity contribution in [2.45, 2.75) is 32.2 Å². The fourth-order valence-electron chi connectivity index (χ4n) is 3.53. The molecule has 6 heteroatoms. The van der Waals surface area contributed by atoms with E-state index < -0.39 is 6.10 Å². The molecule has 28 heavy (non-hydrogen) atoms. The summed E-state index contributed by atoms with van der Waals surface area (Å²) in [5.74, 6) is 1.66. The Morgan fingerprint density at radius 2 is 1.82 bits per heavy atom. The van der Waals surface area contributed by atoms with Gasteiger partial charge < -0.3 is 14.9 Å². The highest BCUT2D eigenvalue weighted by molar-refractivity contribution is 5.33. The van der Waals surface area contributed by atoms with Gasteiger partial charge in [-0.2, -0.15) is 5.10 Å². The first-order chi connectivity index (χ1) is 13.7. The summed E-state index contributed by atoms with van der Waals surface area (Å²) in [7, 11) is 0. The minimum absolute atomic E-state index is 0.311. The van der Waals surface area contributed by atoms with Crippen LogP contribution in [-0.2, 0) is 19.6 Å². The molecule has 1 atom stereocenters. The molecule has 4 rings (SSSR count). The highest BCUT2D eigenvalue weighted by Crippen LogP contribution is 2.24. The molecule has 0 spiro atoms. The van der Waals surface area contributed by atoms with Crippen LogP contribution < -0.4 is 4.74 Å². The smallest absolute Gasteiger partial charge is 0.127 e. The van der Waals surface area contributed by atoms with Crippen LogP contribution in [0.3, 0.4) is 0 Å². The number of aliphatic hydroxyl groups excluding tert-OH is 2. The molecule has 0 aliphatic carbocycles. The number of para-hydroxylation sites is 1. The Labute approximate surface area is 164 Å².